The van der Waals surface area contributed by atoms with Crippen molar-refractivity contribution in [2.24, 2.45) is 0 Å². The lowest BCUT2D eigenvalue weighted by atomic mass is 10.1. The largest absolute Gasteiger partial charge is 0.377 e. The topological polar surface area (TPSA) is 98.2 Å². The van der Waals surface area contributed by atoms with Gasteiger partial charge in [0.15, 0.2) is 5.82 Å². The predicted molar refractivity (Wildman–Crippen MR) is 119 cm³/mol. The van der Waals surface area contributed by atoms with Crippen LogP contribution >= 0.6 is 0 Å². The van der Waals surface area contributed by atoms with Gasteiger partial charge in [-0.25, -0.2) is 4.68 Å². The third-order valence-electron chi connectivity index (χ3n) is 6.33. The van der Waals surface area contributed by atoms with Gasteiger partial charge in [-0.15, -0.1) is 5.10 Å². The summed E-state index contributed by atoms with van der Waals surface area (Å²) in [5, 5.41) is 13.4. The molecule has 2 saturated heterocycles. The van der Waals surface area contributed by atoms with Crippen LogP contribution < -0.4 is 5.56 Å². The Morgan fingerprint density at radius 1 is 1.12 bits per heavy atom. The van der Waals surface area contributed by atoms with Crippen molar-refractivity contribution in [1.29, 1.82) is 0 Å². The van der Waals surface area contributed by atoms with Crippen molar-refractivity contribution in [2.75, 3.05) is 19.8 Å². The monoisotopic (exact) mass is 438 g/mol. The average molecular weight is 439 g/mol. The first-order chi connectivity index (χ1) is 15.6. The van der Waals surface area contributed by atoms with E-state index in [0.717, 1.165) is 73.3 Å². The molecular formula is C23H30N6O3. The molecule has 1 aromatic carbocycles. The van der Waals surface area contributed by atoms with Crippen LogP contribution in [0.1, 0.15) is 42.6 Å². The molecule has 2 aliphatic rings. The van der Waals surface area contributed by atoms with Crippen LogP contribution in [0.5, 0.6) is 0 Å². The molecule has 2 aromatic heterocycles. The van der Waals surface area contributed by atoms with Crippen LogP contribution in [0, 0.1) is 6.92 Å². The molecule has 3 aromatic rings. The van der Waals surface area contributed by atoms with Gasteiger partial charge in [-0.3, -0.25) is 9.69 Å². The molecule has 2 atom stereocenters. The van der Waals surface area contributed by atoms with Crippen LogP contribution in [0.15, 0.2) is 29.1 Å². The number of hydrogen-bond acceptors (Lipinski definition) is 7. The summed E-state index contributed by atoms with van der Waals surface area (Å²) in [7, 11) is 0. The Hall–Kier alpha value is -2.62. The summed E-state index contributed by atoms with van der Waals surface area (Å²) in [6, 6.07) is 8.11. The molecule has 5 rings (SSSR count). The standard InChI is InChI=1S/C23H30N6O3/c1-16-6-7-17-11-18(23(30)24-21(17)10-16)12-28(13-19-4-2-8-31-19)15-22-25-26-27-29(22)14-20-5-3-9-32-20/h6-7,10-11,19-20H,2-5,8-9,12-15H2,1H3,(H,24,30). The summed E-state index contributed by atoms with van der Waals surface area (Å²) in [4.78, 5) is 18.1. The number of H-pyrrole nitrogens is 1. The number of tetrazole rings is 1. The molecule has 1 N–H and O–H groups in total. The van der Waals surface area contributed by atoms with Gasteiger partial charge in [0.25, 0.3) is 5.56 Å². The first kappa shape index (κ1) is 21.2. The molecule has 9 heteroatoms. The number of pyridine rings is 1. The van der Waals surface area contributed by atoms with Gasteiger partial charge in [-0.1, -0.05) is 12.1 Å². The van der Waals surface area contributed by atoms with E-state index < -0.39 is 0 Å². The molecule has 170 valence electrons. The van der Waals surface area contributed by atoms with Crippen molar-refractivity contribution in [3.8, 4) is 0 Å². The van der Waals surface area contributed by atoms with E-state index in [-0.39, 0.29) is 17.8 Å². The quantitative estimate of drug-likeness (QED) is 0.576. The number of aromatic nitrogens is 5. The highest BCUT2D eigenvalue weighted by atomic mass is 16.5. The molecule has 9 nitrogen and oxygen atoms in total. The maximum absolute atomic E-state index is 12.8. The lowest BCUT2D eigenvalue weighted by molar-refractivity contribution is 0.0647. The van der Waals surface area contributed by atoms with E-state index in [1.54, 1.807) is 0 Å². The van der Waals surface area contributed by atoms with Gasteiger partial charge in [0, 0.05) is 37.4 Å². The van der Waals surface area contributed by atoms with Crippen molar-refractivity contribution in [2.45, 2.75) is 64.4 Å². The molecule has 0 saturated carbocycles. The number of hydrogen-bond donors (Lipinski definition) is 1. The van der Waals surface area contributed by atoms with Crippen LogP contribution in [0.25, 0.3) is 10.9 Å². The average Bonchev–Trinajstić information content (AvgIpc) is 3.54. The predicted octanol–water partition coefficient (Wildman–Crippen LogP) is 2.18. The van der Waals surface area contributed by atoms with E-state index >= 15 is 0 Å². The Balaban J connectivity index is 1.37. The molecule has 2 aliphatic heterocycles. The molecule has 2 fully saturated rings. The lowest BCUT2D eigenvalue weighted by Gasteiger charge is -2.25. The minimum Gasteiger partial charge on any atom is -0.377 e. The van der Waals surface area contributed by atoms with E-state index in [0.29, 0.717) is 19.6 Å². The number of nitrogens with one attached hydrogen (secondary N) is 1. The third-order valence-corrected chi connectivity index (χ3v) is 6.33. The third kappa shape index (κ3) is 4.90. The number of ether oxygens (including phenoxy) is 2. The molecule has 0 bridgehead atoms. The minimum absolute atomic E-state index is 0.0561. The summed E-state index contributed by atoms with van der Waals surface area (Å²) in [6.07, 6.45) is 4.55. The molecule has 0 spiro atoms. The highest BCUT2D eigenvalue weighted by Crippen LogP contribution is 2.19. The highest BCUT2D eigenvalue weighted by molar-refractivity contribution is 5.79. The van der Waals surface area contributed by atoms with Crippen molar-refractivity contribution in [3.63, 3.8) is 0 Å². The number of aryl methyl sites for hydroxylation is 1. The van der Waals surface area contributed by atoms with Crippen LogP contribution in [-0.4, -0.2) is 62.1 Å². The van der Waals surface area contributed by atoms with Gasteiger partial charge < -0.3 is 14.5 Å². The second-order valence-electron chi connectivity index (χ2n) is 8.93. The summed E-state index contributed by atoms with van der Waals surface area (Å²) < 4.78 is 13.5. The van der Waals surface area contributed by atoms with Crippen LogP contribution in [0.3, 0.4) is 0 Å². The Morgan fingerprint density at radius 3 is 2.72 bits per heavy atom. The van der Waals surface area contributed by atoms with Gasteiger partial charge in [-0.05, 0) is 66.1 Å². The van der Waals surface area contributed by atoms with E-state index in [9.17, 15) is 4.79 Å². The zero-order chi connectivity index (χ0) is 21.9. The zero-order valence-corrected chi connectivity index (χ0v) is 18.5. The highest BCUT2D eigenvalue weighted by Gasteiger charge is 2.24. The molecule has 0 amide bonds. The van der Waals surface area contributed by atoms with Crippen LogP contribution in [-0.2, 0) is 29.1 Å². The Kier molecular flexibility index (Phi) is 6.29. The molecule has 2 unspecified atom stereocenters. The fraction of sp³-hybridized carbons (Fsp3) is 0.565. The Labute approximate surface area is 186 Å². The van der Waals surface area contributed by atoms with Crippen molar-refractivity contribution in [1.82, 2.24) is 30.1 Å². The Bertz CT molecular complexity index is 1110. The summed E-state index contributed by atoms with van der Waals surface area (Å²) in [5.41, 5.74) is 2.67. The zero-order valence-electron chi connectivity index (χ0n) is 18.5. The van der Waals surface area contributed by atoms with Crippen LogP contribution in [0.4, 0.5) is 0 Å². The van der Waals surface area contributed by atoms with Crippen LogP contribution in [0.2, 0.25) is 0 Å². The van der Waals surface area contributed by atoms with Crippen molar-refractivity contribution >= 4 is 10.9 Å². The van der Waals surface area contributed by atoms with Gasteiger partial charge >= 0.3 is 0 Å². The van der Waals surface area contributed by atoms with Gasteiger partial charge in [0.1, 0.15) is 0 Å². The molecule has 4 heterocycles. The van der Waals surface area contributed by atoms with E-state index in [2.05, 4.69) is 37.5 Å². The first-order valence-corrected chi connectivity index (χ1v) is 11.5. The first-order valence-electron chi connectivity index (χ1n) is 11.5. The fourth-order valence-electron chi connectivity index (χ4n) is 4.64. The number of benzene rings is 1. The van der Waals surface area contributed by atoms with E-state index in [1.165, 1.54) is 0 Å². The SMILES string of the molecule is Cc1ccc2cc(CN(Cc3nnnn3CC3CCCO3)CC3CCCO3)c(=O)[nH]c2c1. The summed E-state index contributed by atoms with van der Waals surface area (Å²) in [6.45, 7) is 6.07. The maximum Gasteiger partial charge on any atom is 0.252 e. The fourth-order valence-corrected chi connectivity index (χ4v) is 4.64. The number of aromatic amines is 1. The summed E-state index contributed by atoms with van der Waals surface area (Å²) >= 11 is 0. The van der Waals surface area contributed by atoms with Crippen molar-refractivity contribution < 1.29 is 9.47 Å². The molecular weight excluding hydrogens is 408 g/mol. The number of fused-ring (bicyclic) bond motifs is 1. The van der Waals surface area contributed by atoms with E-state index in [1.807, 2.05) is 23.7 Å². The molecule has 0 radical (unpaired) electrons. The molecule has 32 heavy (non-hydrogen) atoms. The number of nitrogens with zero attached hydrogens (tertiary/aromatic N) is 5. The second kappa shape index (κ2) is 9.48. The Morgan fingerprint density at radius 2 is 1.94 bits per heavy atom. The summed E-state index contributed by atoms with van der Waals surface area (Å²) in [5.74, 6) is 0.784. The number of rotatable bonds is 8. The smallest absolute Gasteiger partial charge is 0.252 e. The van der Waals surface area contributed by atoms with Gasteiger partial charge in [0.05, 0.1) is 25.3 Å². The maximum atomic E-state index is 12.8. The normalized spacial score (nSPS) is 21.2. The van der Waals surface area contributed by atoms with Gasteiger partial charge in [-0.2, -0.15) is 0 Å². The van der Waals surface area contributed by atoms with Crippen molar-refractivity contribution in [3.05, 3.63) is 51.6 Å². The van der Waals surface area contributed by atoms with Gasteiger partial charge in [0.2, 0.25) is 0 Å². The molecule has 0 aliphatic carbocycles. The lowest BCUT2D eigenvalue weighted by Crippen LogP contribution is -2.34. The van der Waals surface area contributed by atoms with E-state index in [4.69, 9.17) is 9.47 Å². The minimum atomic E-state index is -0.0561. The second-order valence-corrected chi connectivity index (χ2v) is 8.93.